The molecule has 1 aromatic heterocycles. The first-order valence-corrected chi connectivity index (χ1v) is 5.07. The second-order valence-corrected chi connectivity index (χ2v) is 3.62. The van der Waals surface area contributed by atoms with Gasteiger partial charge in [0.1, 0.15) is 17.6 Å². The first-order valence-electron chi connectivity index (χ1n) is 5.07. The predicted molar refractivity (Wildman–Crippen MR) is 58.3 cm³/mol. The molecule has 1 atom stereocenters. The summed E-state index contributed by atoms with van der Waals surface area (Å²) >= 11 is 0. The highest BCUT2D eigenvalue weighted by Gasteiger charge is 2.07. The van der Waals surface area contributed by atoms with Gasteiger partial charge in [0.25, 0.3) is 0 Å². The van der Waals surface area contributed by atoms with E-state index in [1.54, 1.807) is 12.1 Å². The molecule has 80 valence electrons. The van der Waals surface area contributed by atoms with Crippen LogP contribution in [0.4, 0.5) is 0 Å². The molecule has 1 aromatic carbocycles. The Kier molecular flexibility index (Phi) is 2.54. The minimum Gasteiger partial charge on any atom is -0.504 e. The summed E-state index contributed by atoms with van der Waals surface area (Å²) in [7, 11) is 0. The quantitative estimate of drug-likeness (QED) is 0.837. The maximum absolute atomic E-state index is 9.40. The number of rotatable bonds is 3. The van der Waals surface area contributed by atoms with E-state index >= 15 is 0 Å². The van der Waals surface area contributed by atoms with Crippen LogP contribution in [-0.2, 0) is 0 Å². The Balaban J connectivity index is 2.31. The lowest BCUT2D eigenvalue weighted by Crippen LogP contribution is -2.09. The van der Waals surface area contributed by atoms with Crippen LogP contribution < -0.4 is 4.74 Å². The van der Waals surface area contributed by atoms with Gasteiger partial charge in [0, 0.05) is 6.07 Å². The molecule has 2 aromatic rings. The van der Waals surface area contributed by atoms with E-state index in [0.717, 1.165) is 12.2 Å². The number of furan rings is 1. The van der Waals surface area contributed by atoms with Gasteiger partial charge < -0.3 is 14.3 Å². The van der Waals surface area contributed by atoms with Crippen LogP contribution in [0.15, 0.2) is 28.9 Å². The van der Waals surface area contributed by atoms with Crippen LogP contribution in [0.1, 0.15) is 20.3 Å². The zero-order chi connectivity index (χ0) is 10.8. The molecule has 1 unspecified atom stereocenters. The molecule has 0 radical (unpaired) electrons. The van der Waals surface area contributed by atoms with Crippen LogP contribution in [-0.4, -0.2) is 11.2 Å². The maximum Gasteiger partial charge on any atom is 0.161 e. The fraction of sp³-hybridized carbons (Fsp3) is 0.333. The van der Waals surface area contributed by atoms with E-state index in [9.17, 15) is 5.11 Å². The van der Waals surface area contributed by atoms with Crippen molar-refractivity contribution in [1.29, 1.82) is 0 Å². The molecule has 1 N–H and O–H groups in total. The number of aromatic hydroxyl groups is 1. The summed E-state index contributed by atoms with van der Waals surface area (Å²) in [5.74, 6) is 0.936. The van der Waals surface area contributed by atoms with E-state index in [1.807, 2.05) is 13.0 Å². The molecule has 0 amide bonds. The summed E-state index contributed by atoms with van der Waals surface area (Å²) in [5.41, 5.74) is 0.647. The van der Waals surface area contributed by atoms with Crippen molar-refractivity contribution in [1.82, 2.24) is 0 Å². The molecule has 3 nitrogen and oxygen atoms in total. The average molecular weight is 206 g/mol. The number of fused-ring (bicyclic) bond motifs is 1. The zero-order valence-corrected chi connectivity index (χ0v) is 8.86. The third kappa shape index (κ3) is 1.91. The van der Waals surface area contributed by atoms with E-state index in [-0.39, 0.29) is 11.9 Å². The van der Waals surface area contributed by atoms with E-state index in [4.69, 9.17) is 9.15 Å². The Morgan fingerprint density at radius 2 is 2.27 bits per heavy atom. The van der Waals surface area contributed by atoms with Crippen LogP contribution in [0.5, 0.6) is 11.5 Å². The van der Waals surface area contributed by atoms with Gasteiger partial charge >= 0.3 is 0 Å². The minimum absolute atomic E-state index is 0.167. The van der Waals surface area contributed by atoms with Gasteiger partial charge in [-0.1, -0.05) is 6.92 Å². The van der Waals surface area contributed by atoms with Crippen LogP contribution in [0, 0.1) is 0 Å². The monoisotopic (exact) mass is 206 g/mol. The van der Waals surface area contributed by atoms with Crippen molar-refractivity contribution >= 4 is 11.0 Å². The van der Waals surface area contributed by atoms with Gasteiger partial charge in [0.2, 0.25) is 0 Å². The molecule has 0 aliphatic carbocycles. The van der Waals surface area contributed by atoms with Crippen LogP contribution in [0.25, 0.3) is 11.0 Å². The van der Waals surface area contributed by atoms with E-state index in [1.165, 1.54) is 6.26 Å². The summed E-state index contributed by atoms with van der Waals surface area (Å²) in [6.07, 6.45) is 2.48. The Bertz CT molecular complexity index is 459. The van der Waals surface area contributed by atoms with Crippen molar-refractivity contribution in [2.75, 3.05) is 0 Å². The first-order chi connectivity index (χ1) is 7.20. The summed E-state index contributed by atoms with van der Waals surface area (Å²) < 4.78 is 10.8. The topological polar surface area (TPSA) is 42.6 Å². The SMILES string of the molecule is CCC(C)Oc1ccc2c(O)coc2c1. The Morgan fingerprint density at radius 1 is 1.47 bits per heavy atom. The second-order valence-electron chi connectivity index (χ2n) is 3.62. The van der Waals surface area contributed by atoms with Gasteiger partial charge in [-0.15, -0.1) is 0 Å². The normalized spacial score (nSPS) is 12.9. The molecule has 0 bridgehead atoms. The predicted octanol–water partition coefficient (Wildman–Crippen LogP) is 3.32. The smallest absolute Gasteiger partial charge is 0.161 e. The molecule has 15 heavy (non-hydrogen) atoms. The minimum atomic E-state index is 0.167. The molecule has 2 rings (SSSR count). The van der Waals surface area contributed by atoms with Crippen molar-refractivity contribution < 1.29 is 14.3 Å². The van der Waals surface area contributed by atoms with E-state index < -0.39 is 0 Å². The molecular weight excluding hydrogens is 192 g/mol. The molecule has 0 fully saturated rings. The molecule has 0 saturated heterocycles. The number of benzene rings is 1. The lowest BCUT2D eigenvalue weighted by molar-refractivity contribution is 0.217. The summed E-state index contributed by atoms with van der Waals surface area (Å²) in [5, 5.41) is 10.1. The van der Waals surface area contributed by atoms with E-state index in [2.05, 4.69) is 6.92 Å². The van der Waals surface area contributed by atoms with Crippen molar-refractivity contribution in [3.05, 3.63) is 24.5 Å². The molecule has 0 aliphatic heterocycles. The number of hydrogen-bond donors (Lipinski definition) is 1. The van der Waals surface area contributed by atoms with Gasteiger partial charge in [0.05, 0.1) is 11.5 Å². The Labute approximate surface area is 88.3 Å². The maximum atomic E-state index is 9.40. The van der Waals surface area contributed by atoms with Crippen molar-refractivity contribution in [3.63, 3.8) is 0 Å². The highest BCUT2D eigenvalue weighted by Crippen LogP contribution is 2.30. The fourth-order valence-corrected chi connectivity index (χ4v) is 1.38. The average Bonchev–Trinajstić information content (AvgIpc) is 2.60. The molecule has 3 heteroatoms. The third-order valence-electron chi connectivity index (χ3n) is 2.44. The van der Waals surface area contributed by atoms with Gasteiger partial charge in [0.15, 0.2) is 5.75 Å². The van der Waals surface area contributed by atoms with Gasteiger partial charge in [-0.2, -0.15) is 0 Å². The van der Waals surface area contributed by atoms with Crippen molar-refractivity contribution in [2.45, 2.75) is 26.4 Å². The Morgan fingerprint density at radius 3 is 3.00 bits per heavy atom. The van der Waals surface area contributed by atoms with Crippen molar-refractivity contribution in [3.8, 4) is 11.5 Å². The molecular formula is C12H14O3. The third-order valence-corrected chi connectivity index (χ3v) is 2.44. The summed E-state index contributed by atoms with van der Waals surface area (Å²) in [6, 6.07) is 5.43. The van der Waals surface area contributed by atoms with E-state index in [0.29, 0.717) is 11.0 Å². The Hall–Kier alpha value is -1.64. The van der Waals surface area contributed by atoms with Crippen LogP contribution >= 0.6 is 0 Å². The van der Waals surface area contributed by atoms with Gasteiger partial charge in [-0.25, -0.2) is 0 Å². The standard InChI is InChI=1S/C12H14O3/c1-3-8(2)15-9-4-5-10-11(13)7-14-12(10)6-9/h4-8,13H,3H2,1-2H3. The van der Waals surface area contributed by atoms with Crippen LogP contribution in [0.2, 0.25) is 0 Å². The second kappa shape index (κ2) is 3.85. The number of hydrogen-bond acceptors (Lipinski definition) is 3. The summed E-state index contributed by atoms with van der Waals surface area (Å²) in [4.78, 5) is 0. The fourth-order valence-electron chi connectivity index (χ4n) is 1.38. The summed E-state index contributed by atoms with van der Waals surface area (Å²) in [6.45, 7) is 4.09. The van der Waals surface area contributed by atoms with Crippen LogP contribution in [0.3, 0.4) is 0 Å². The molecule has 0 spiro atoms. The lowest BCUT2D eigenvalue weighted by atomic mass is 10.2. The highest BCUT2D eigenvalue weighted by molar-refractivity contribution is 5.84. The molecule has 0 aliphatic rings. The molecule has 0 saturated carbocycles. The zero-order valence-electron chi connectivity index (χ0n) is 8.86. The first kappa shape index (κ1) is 9.90. The molecule has 1 heterocycles. The lowest BCUT2D eigenvalue weighted by Gasteiger charge is -2.11. The van der Waals surface area contributed by atoms with Gasteiger partial charge in [-0.3, -0.25) is 0 Å². The number of ether oxygens (including phenoxy) is 1. The largest absolute Gasteiger partial charge is 0.504 e. The highest BCUT2D eigenvalue weighted by atomic mass is 16.5. The van der Waals surface area contributed by atoms with Crippen molar-refractivity contribution in [2.24, 2.45) is 0 Å². The van der Waals surface area contributed by atoms with Gasteiger partial charge in [-0.05, 0) is 25.5 Å².